The molecule has 15 heavy (non-hydrogen) atoms. The summed E-state index contributed by atoms with van der Waals surface area (Å²) in [7, 11) is -3.04. The van der Waals surface area contributed by atoms with E-state index in [0.717, 1.165) is 0 Å². The highest BCUT2D eigenvalue weighted by molar-refractivity contribution is 7.89. The molecule has 1 saturated heterocycles. The van der Waals surface area contributed by atoms with Gasteiger partial charge < -0.3 is 5.11 Å². The molecule has 1 rings (SSSR count). The summed E-state index contributed by atoms with van der Waals surface area (Å²) >= 11 is 0. The lowest BCUT2D eigenvalue weighted by molar-refractivity contribution is 0.182. The minimum Gasteiger partial charge on any atom is -0.396 e. The van der Waals surface area contributed by atoms with Crippen LogP contribution in [0.2, 0.25) is 0 Å². The van der Waals surface area contributed by atoms with Gasteiger partial charge in [0.15, 0.2) is 0 Å². The van der Waals surface area contributed by atoms with Gasteiger partial charge in [-0.25, -0.2) is 12.7 Å². The normalized spacial score (nSPS) is 27.1. The number of hydrogen-bond donors (Lipinski definition) is 1. The Morgan fingerprint density at radius 1 is 1.47 bits per heavy atom. The zero-order valence-corrected chi connectivity index (χ0v) is 10.5. The summed E-state index contributed by atoms with van der Waals surface area (Å²) in [6.45, 7) is 7.17. The molecule has 1 aliphatic heterocycles. The number of sulfonamides is 1. The van der Waals surface area contributed by atoms with E-state index in [-0.39, 0.29) is 23.7 Å². The van der Waals surface area contributed by atoms with Crippen LogP contribution in [0.3, 0.4) is 0 Å². The molecule has 5 heteroatoms. The van der Waals surface area contributed by atoms with E-state index in [1.54, 1.807) is 4.31 Å². The first kappa shape index (κ1) is 12.9. The molecule has 0 spiro atoms. The fourth-order valence-electron chi connectivity index (χ4n) is 2.00. The predicted octanol–water partition coefficient (Wildman–Crippen LogP) is 0.676. The molecule has 1 heterocycles. The number of hydrogen-bond acceptors (Lipinski definition) is 3. The van der Waals surface area contributed by atoms with Gasteiger partial charge in [-0.3, -0.25) is 0 Å². The van der Waals surface area contributed by atoms with Crippen LogP contribution in [0.4, 0.5) is 0 Å². The number of aliphatic hydroxyl groups is 1. The van der Waals surface area contributed by atoms with Crippen LogP contribution in [0, 0.1) is 11.3 Å². The Bertz CT molecular complexity index is 311. The third-order valence-corrected chi connectivity index (χ3v) is 4.85. The molecular formula is C10H21NO3S. The summed E-state index contributed by atoms with van der Waals surface area (Å²) in [6, 6.07) is 0. The fourth-order valence-corrected chi connectivity index (χ4v) is 4.06. The molecule has 90 valence electrons. The van der Waals surface area contributed by atoms with Crippen LogP contribution in [0.25, 0.3) is 0 Å². The van der Waals surface area contributed by atoms with Crippen LogP contribution in [-0.2, 0) is 10.0 Å². The zero-order chi connectivity index (χ0) is 11.7. The second-order valence-electron chi connectivity index (χ2n) is 5.31. The first-order chi connectivity index (χ1) is 6.77. The lowest BCUT2D eigenvalue weighted by Gasteiger charge is -2.28. The van der Waals surface area contributed by atoms with E-state index >= 15 is 0 Å². The Kier molecular flexibility index (Phi) is 3.79. The summed E-state index contributed by atoms with van der Waals surface area (Å²) in [5.41, 5.74) is -0.147. The second kappa shape index (κ2) is 4.39. The standard InChI is InChI=1S/C10H21NO3S/c1-9-6-11(15(13,14)7-9)8-10(2,3)4-5-12/h9,12H,4-8H2,1-3H3. The molecule has 1 N–H and O–H groups in total. The van der Waals surface area contributed by atoms with Gasteiger partial charge in [-0.2, -0.15) is 0 Å². The third kappa shape index (κ3) is 3.43. The van der Waals surface area contributed by atoms with Crippen molar-refractivity contribution in [2.45, 2.75) is 27.2 Å². The van der Waals surface area contributed by atoms with Gasteiger partial charge in [-0.1, -0.05) is 20.8 Å². The monoisotopic (exact) mass is 235 g/mol. The van der Waals surface area contributed by atoms with E-state index in [4.69, 9.17) is 5.11 Å². The smallest absolute Gasteiger partial charge is 0.214 e. The van der Waals surface area contributed by atoms with E-state index < -0.39 is 10.0 Å². The topological polar surface area (TPSA) is 57.6 Å². The van der Waals surface area contributed by atoms with Gasteiger partial charge in [-0.05, 0) is 17.8 Å². The molecule has 1 fully saturated rings. The van der Waals surface area contributed by atoms with Crippen molar-refractivity contribution in [3.63, 3.8) is 0 Å². The molecular weight excluding hydrogens is 214 g/mol. The highest BCUT2D eigenvalue weighted by Crippen LogP contribution is 2.27. The maximum atomic E-state index is 11.7. The Balaban J connectivity index is 2.66. The summed E-state index contributed by atoms with van der Waals surface area (Å²) in [4.78, 5) is 0. The van der Waals surface area contributed by atoms with Crippen LogP contribution in [0.5, 0.6) is 0 Å². The van der Waals surface area contributed by atoms with Crippen LogP contribution < -0.4 is 0 Å². The van der Waals surface area contributed by atoms with E-state index in [2.05, 4.69) is 0 Å². The summed E-state index contributed by atoms with van der Waals surface area (Å²) in [5, 5.41) is 8.89. The van der Waals surface area contributed by atoms with E-state index in [0.29, 0.717) is 19.5 Å². The average molecular weight is 235 g/mol. The van der Waals surface area contributed by atoms with Crippen molar-refractivity contribution in [2.24, 2.45) is 11.3 Å². The largest absolute Gasteiger partial charge is 0.396 e. The molecule has 0 aromatic heterocycles. The molecule has 1 unspecified atom stereocenters. The predicted molar refractivity (Wildman–Crippen MR) is 60.0 cm³/mol. The summed E-state index contributed by atoms with van der Waals surface area (Å²) < 4.78 is 25.0. The molecule has 4 nitrogen and oxygen atoms in total. The van der Waals surface area contributed by atoms with Gasteiger partial charge in [0.2, 0.25) is 10.0 Å². The lowest BCUT2D eigenvalue weighted by Crippen LogP contribution is -2.36. The van der Waals surface area contributed by atoms with Crippen molar-refractivity contribution < 1.29 is 13.5 Å². The van der Waals surface area contributed by atoms with Crippen LogP contribution in [0.1, 0.15) is 27.2 Å². The maximum Gasteiger partial charge on any atom is 0.214 e. The van der Waals surface area contributed by atoms with Crippen molar-refractivity contribution >= 4 is 10.0 Å². The SMILES string of the molecule is CC1CN(CC(C)(C)CCO)S(=O)(=O)C1. The maximum absolute atomic E-state index is 11.7. The van der Waals surface area contributed by atoms with E-state index in [1.807, 2.05) is 20.8 Å². The van der Waals surface area contributed by atoms with Crippen molar-refractivity contribution in [1.82, 2.24) is 4.31 Å². The molecule has 1 aliphatic rings. The number of nitrogens with zero attached hydrogens (tertiary/aromatic N) is 1. The third-order valence-electron chi connectivity index (χ3n) is 2.80. The molecule has 0 saturated carbocycles. The summed E-state index contributed by atoms with van der Waals surface area (Å²) in [5.74, 6) is 0.488. The molecule has 1 atom stereocenters. The molecule has 0 aromatic carbocycles. The van der Waals surface area contributed by atoms with Gasteiger partial charge in [0.25, 0.3) is 0 Å². The van der Waals surface area contributed by atoms with E-state index in [1.165, 1.54) is 0 Å². The Labute approximate surface area is 92.3 Å². The highest BCUT2D eigenvalue weighted by Gasteiger charge is 2.36. The van der Waals surface area contributed by atoms with Crippen LogP contribution in [-0.4, -0.2) is 43.3 Å². The highest BCUT2D eigenvalue weighted by atomic mass is 32.2. The zero-order valence-electron chi connectivity index (χ0n) is 9.73. The molecule has 0 amide bonds. The first-order valence-electron chi connectivity index (χ1n) is 5.35. The van der Waals surface area contributed by atoms with Crippen LogP contribution >= 0.6 is 0 Å². The fraction of sp³-hybridized carbons (Fsp3) is 1.00. The van der Waals surface area contributed by atoms with Crippen molar-refractivity contribution in [1.29, 1.82) is 0 Å². The molecule has 0 radical (unpaired) electrons. The quantitative estimate of drug-likeness (QED) is 0.779. The molecule has 0 aliphatic carbocycles. The van der Waals surface area contributed by atoms with Gasteiger partial charge >= 0.3 is 0 Å². The van der Waals surface area contributed by atoms with Crippen LogP contribution in [0.15, 0.2) is 0 Å². The van der Waals surface area contributed by atoms with Crippen molar-refractivity contribution in [2.75, 3.05) is 25.4 Å². The Hall–Kier alpha value is -0.130. The minimum atomic E-state index is -3.04. The number of aliphatic hydroxyl groups excluding tert-OH is 1. The molecule has 0 bridgehead atoms. The van der Waals surface area contributed by atoms with Gasteiger partial charge in [0.05, 0.1) is 5.75 Å². The van der Waals surface area contributed by atoms with Crippen molar-refractivity contribution in [3.05, 3.63) is 0 Å². The minimum absolute atomic E-state index is 0.108. The second-order valence-corrected chi connectivity index (χ2v) is 7.33. The Morgan fingerprint density at radius 2 is 2.07 bits per heavy atom. The lowest BCUT2D eigenvalue weighted by atomic mass is 9.89. The van der Waals surface area contributed by atoms with Gasteiger partial charge in [-0.15, -0.1) is 0 Å². The van der Waals surface area contributed by atoms with Gasteiger partial charge in [0, 0.05) is 19.7 Å². The van der Waals surface area contributed by atoms with Gasteiger partial charge in [0.1, 0.15) is 0 Å². The first-order valence-corrected chi connectivity index (χ1v) is 6.96. The number of rotatable bonds is 4. The van der Waals surface area contributed by atoms with E-state index in [9.17, 15) is 8.42 Å². The molecule has 0 aromatic rings. The summed E-state index contributed by atoms with van der Waals surface area (Å²) in [6.07, 6.45) is 0.632. The Morgan fingerprint density at radius 3 is 2.47 bits per heavy atom. The average Bonchev–Trinajstić information content (AvgIpc) is 2.22. The van der Waals surface area contributed by atoms with Crippen molar-refractivity contribution in [3.8, 4) is 0 Å².